The lowest BCUT2D eigenvalue weighted by atomic mass is 9.90. The third-order valence-corrected chi connectivity index (χ3v) is 3.91. The molecule has 3 rings (SSSR count). The fourth-order valence-corrected chi connectivity index (χ4v) is 2.79. The van der Waals surface area contributed by atoms with Crippen molar-refractivity contribution in [2.45, 2.75) is 6.04 Å². The van der Waals surface area contributed by atoms with E-state index in [1.807, 2.05) is 12.1 Å². The molecule has 1 heterocycles. The van der Waals surface area contributed by atoms with Gasteiger partial charge in [0.05, 0.1) is 12.0 Å². The van der Waals surface area contributed by atoms with Gasteiger partial charge in [0.25, 0.3) is 0 Å². The lowest BCUT2D eigenvalue weighted by Gasteiger charge is -2.43. The number of primary amides is 1. The smallest absolute Gasteiger partial charge is 0.223 e. The van der Waals surface area contributed by atoms with Crippen molar-refractivity contribution >= 4 is 5.91 Å². The summed E-state index contributed by atoms with van der Waals surface area (Å²) in [5.41, 5.74) is 7.87. The Kier molecular flexibility index (Phi) is 3.52. The third kappa shape index (κ3) is 2.45. The second-order valence-electron chi connectivity index (χ2n) is 5.28. The zero-order valence-electron chi connectivity index (χ0n) is 11.3. The van der Waals surface area contributed by atoms with E-state index in [1.165, 1.54) is 11.1 Å². The minimum Gasteiger partial charge on any atom is -0.369 e. The van der Waals surface area contributed by atoms with E-state index in [0.717, 1.165) is 13.1 Å². The molecule has 1 aliphatic heterocycles. The van der Waals surface area contributed by atoms with E-state index in [0.29, 0.717) is 0 Å². The molecule has 20 heavy (non-hydrogen) atoms. The van der Waals surface area contributed by atoms with Crippen LogP contribution in [0.2, 0.25) is 0 Å². The summed E-state index contributed by atoms with van der Waals surface area (Å²) in [7, 11) is 0. The predicted octanol–water partition coefficient (Wildman–Crippen LogP) is 2.19. The van der Waals surface area contributed by atoms with Crippen molar-refractivity contribution in [2.75, 3.05) is 13.1 Å². The first kappa shape index (κ1) is 12.9. The molecule has 0 aromatic heterocycles. The molecule has 1 fully saturated rings. The second-order valence-corrected chi connectivity index (χ2v) is 5.28. The summed E-state index contributed by atoms with van der Waals surface area (Å²) in [5.74, 6) is -0.203. The van der Waals surface area contributed by atoms with Crippen LogP contribution in [0, 0.1) is 5.92 Å². The highest BCUT2D eigenvalue weighted by Crippen LogP contribution is 2.33. The molecular weight excluding hydrogens is 248 g/mol. The number of nitrogens with two attached hydrogens (primary N) is 1. The minimum absolute atomic E-state index is 0.00933. The van der Waals surface area contributed by atoms with Crippen LogP contribution in [0.1, 0.15) is 17.2 Å². The molecule has 0 saturated carbocycles. The van der Waals surface area contributed by atoms with E-state index >= 15 is 0 Å². The molecule has 2 aromatic rings. The third-order valence-electron chi connectivity index (χ3n) is 3.91. The molecule has 0 radical (unpaired) electrons. The summed E-state index contributed by atoms with van der Waals surface area (Å²) in [6.07, 6.45) is 0. The van der Waals surface area contributed by atoms with Crippen LogP contribution in [-0.2, 0) is 4.79 Å². The van der Waals surface area contributed by atoms with Crippen LogP contribution in [-0.4, -0.2) is 23.9 Å². The molecule has 1 saturated heterocycles. The highest BCUT2D eigenvalue weighted by atomic mass is 16.1. The van der Waals surface area contributed by atoms with Crippen LogP contribution >= 0.6 is 0 Å². The highest BCUT2D eigenvalue weighted by molar-refractivity contribution is 5.78. The van der Waals surface area contributed by atoms with Crippen molar-refractivity contribution < 1.29 is 4.79 Å². The van der Waals surface area contributed by atoms with E-state index in [4.69, 9.17) is 5.73 Å². The molecule has 3 nitrogen and oxygen atoms in total. The van der Waals surface area contributed by atoms with Crippen LogP contribution in [0.25, 0.3) is 0 Å². The minimum atomic E-state index is -0.193. The van der Waals surface area contributed by atoms with Crippen molar-refractivity contribution in [1.82, 2.24) is 4.90 Å². The van der Waals surface area contributed by atoms with Gasteiger partial charge in [-0.25, -0.2) is 0 Å². The van der Waals surface area contributed by atoms with E-state index in [-0.39, 0.29) is 17.9 Å². The van der Waals surface area contributed by atoms with Crippen LogP contribution in [0.3, 0.4) is 0 Å². The van der Waals surface area contributed by atoms with Crippen LogP contribution in [0.15, 0.2) is 60.7 Å². The Morgan fingerprint density at radius 1 is 0.950 bits per heavy atom. The Morgan fingerprint density at radius 3 is 1.80 bits per heavy atom. The van der Waals surface area contributed by atoms with Crippen LogP contribution < -0.4 is 5.73 Å². The lowest BCUT2D eigenvalue weighted by Crippen LogP contribution is -2.53. The molecule has 102 valence electrons. The normalized spacial score (nSPS) is 16.1. The fraction of sp³-hybridized carbons (Fsp3) is 0.235. The molecule has 0 aliphatic carbocycles. The molecule has 0 spiro atoms. The van der Waals surface area contributed by atoms with Crippen molar-refractivity contribution in [1.29, 1.82) is 0 Å². The Balaban J connectivity index is 1.88. The predicted molar refractivity (Wildman–Crippen MR) is 79.0 cm³/mol. The van der Waals surface area contributed by atoms with Crippen molar-refractivity contribution in [3.05, 3.63) is 71.8 Å². The summed E-state index contributed by atoms with van der Waals surface area (Å²) in [6.45, 7) is 1.48. The van der Waals surface area contributed by atoms with Crippen molar-refractivity contribution in [3.63, 3.8) is 0 Å². The molecule has 1 aliphatic rings. The number of rotatable bonds is 4. The van der Waals surface area contributed by atoms with Gasteiger partial charge in [-0.05, 0) is 11.1 Å². The number of benzene rings is 2. The van der Waals surface area contributed by atoms with Gasteiger partial charge in [0.2, 0.25) is 5.91 Å². The number of carbonyl (C=O) groups excluding carboxylic acids is 1. The number of carbonyl (C=O) groups is 1. The zero-order valence-corrected chi connectivity index (χ0v) is 11.3. The van der Waals surface area contributed by atoms with Gasteiger partial charge >= 0.3 is 0 Å². The van der Waals surface area contributed by atoms with Crippen LogP contribution in [0.4, 0.5) is 0 Å². The fourth-order valence-electron chi connectivity index (χ4n) is 2.79. The number of hydrogen-bond donors (Lipinski definition) is 1. The van der Waals surface area contributed by atoms with E-state index < -0.39 is 0 Å². The van der Waals surface area contributed by atoms with Gasteiger partial charge in [-0.3, -0.25) is 9.69 Å². The quantitative estimate of drug-likeness (QED) is 0.922. The number of hydrogen-bond acceptors (Lipinski definition) is 2. The summed E-state index contributed by atoms with van der Waals surface area (Å²) in [6, 6.07) is 21.0. The molecule has 3 heteroatoms. The zero-order chi connectivity index (χ0) is 13.9. The van der Waals surface area contributed by atoms with Crippen molar-refractivity contribution in [3.8, 4) is 0 Å². The Bertz CT molecular complexity index is 537. The van der Waals surface area contributed by atoms with Gasteiger partial charge in [-0.1, -0.05) is 60.7 Å². The Morgan fingerprint density at radius 2 is 1.40 bits per heavy atom. The maximum atomic E-state index is 11.2. The maximum absolute atomic E-state index is 11.2. The first-order chi connectivity index (χ1) is 9.75. The maximum Gasteiger partial charge on any atom is 0.223 e. The lowest BCUT2D eigenvalue weighted by molar-refractivity contribution is -0.127. The summed E-state index contributed by atoms with van der Waals surface area (Å²) >= 11 is 0. The van der Waals surface area contributed by atoms with Gasteiger partial charge in [-0.15, -0.1) is 0 Å². The average Bonchev–Trinajstić information content (AvgIpc) is 2.43. The summed E-state index contributed by atoms with van der Waals surface area (Å²) < 4.78 is 0. The molecule has 0 atom stereocenters. The van der Waals surface area contributed by atoms with Gasteiger partial charge in [0.15, 0.2) is 0 Å². The molecule has 1 amide bonds. The molecule has 0 bridgehead atoms. The largest absolute Gasteiger partial charge is 0.369 e. The van der Waals surface area contributed by atoms with E-state index in [2.05, 4.69) is 53.4 Å². The van der Waals surface area contributed by atoms with E-state index in [1.54, 1.807) is 0 Å². The SMILES string of the molecule is NC(=O)C1CN(C(c2ccccc2)c2ccccc2)C1. The molecular formula is C17H18N2O. The first-order valence-corrected chi connectivity index (χ1v) is 6.89. The summed E-state index contributed by atoms with van der Waals surface area (Å²) in [5, 5.41) is 0. The monoisotopic (exact) mass is 266 g/mol. The number of likely N-dealkylation sites (tertiary alicyclic amines) is 1. The van der Waals surface area contributed by atoms with Gasteiger partial charge in [0.1, 0.15) is 0 Å². The molecule has 0 unspecified atom stereocenters. The number of nitrogens with zero attached hydrogens (tertiary/aromatic N) is 1. The van der Waals surface area contributed by atoms with Gasteiger partial charge < -0.3 is 5.73 Å². The Labute approximate surface area is 119 Å². The summed E-state index contributed by atoms with van der Waals surface area (Å²) in [4.78, 5) is 13.5. The van der Waals surface area contributed by atoms with Gasteiger partial charge in [0, 0.05) is 13.1 Å². The second kappa shape index (κ2) is 5.47. The van der Waals surface area contributed by atoms with Gasteiger partial charge in [-0.2, -0.15) is 0 Å². The topological polar surface area (TPSA) is 46.3 Å². The average molecular weight is 266 g/mol. The highest BCUT2D eigenvalue weighted by Gasteiger charge is 2.36. The van der Waals surface area contributed by atoms with Crippen LogP contribution in [0.5, 0.6) is 0 Å². The molecule has 2 N–H and O–H groups in total. The molecule has 2 aromatic carbocycles. The standard InChI is InChI=1S/C17H18N2O/c18-17(20)15-11-19(12-15)16(13-7-3-1-4-8-13)14-9-5-2-6-10-14/h1-10,15-16H,11-12H2,(H2,18,20). The van der Waals surface area contributed by atoms with Crippen molar-refractivity contribution in [2.24, 2.45) is 11.7 Å². The number of amides is 1. The first-order valence-electron chi connectivity index (χ1n) is 6.89. The Hall–Kier alpha value is -2.13. The van der Waals surface area contributed by atoms with E-state index in [9.17, 15) is 4.79 Å².